The normalized spacial score (nSPS) is 18.4. The Balaban J connectivity index is 1.80. The minimum Gasteiger partial charge on any atom is -0.380 e. The molecule has 0 unspecified atom stereocenters. The van der Waals surface area contributed by atoms with Crippen LogP contribution in [0.2, 0.25) is 0 Å². The Hall–Kier alpha value is -0.860. The van der Waals surface area contributed by atoms with E-state index in [1.165, 1.54) is 43.2 Å². The first-order valence-corrected chi connectivity index (χ1v) is 7.49. The molecule has 0 heterocycles. The zero-order valence-corrected chi connectivity index (χ0v) is 12.4. The molecule has 1 N–H and O–H groups in total. The molecule has 0 aliphatic heterocycles. The summed E-state index contributed by atoms with van der Waals surface area (Å²) >= 11 is 0. The summed E-state index contributed by atoms with van der Waals surface area (Å²) in [7, 11) is 1.74. The van der Waals surface area contributed by atoms with Gasteiger partial charge in [0.15, 0.2) is 0 Å². The van der Waals surface area contributed by atoms with Gasteiger partial charge >= 0.3 is 0 Å². The fraction of sp³-hybridized carbons (Fsp3) is 0.647. The zero-order chi connectivity index (χ0) is 13.6. The minimum atomic E-state index is 0.516. The second-order valence-corrected chi connectivity index (χ2v) is 6.23. The number of methoxy groups -OCH3 is 1. The Labute approximate surface area is 117 Å². The number of nitrogens with one attached hydrogen (secondary N) is 1. The summed E-state index contributed by atoms with van der Waals surface area (Å²) in [5.41, 5.74) is 3.13. The van der Waals surface area contributed by atoms with Crippen molar-refractivity contribution < 1.29 is 4.74 Å². The van der Waals surface area contributed by atoms with E-state index >= 15 is 0 Å². The van der Waals surface area contributed by atoms with E-state index in [0.717, 1.165) is 13.1 Å². The van der Waals surface area contributed by atoms with Crippen LogP contribution in [0.1, 0.15) is 50.2 Å². The molecule has 1 aromatic carbocycles. The van der Waals surface area contributed by atoms with E-state index in [4.69, 9.17) is 4.74 Å². The van der Waals surface area contributed by atoms with Crippen LogP contribution in [0.4, 0.5) is 0 Å². The summed E-state index contributed by atoms with van der Waals surface area (Å²) in [5.74, 6) is 0. The summed E-state index contributed by atoms with van der Waals surface area (Å²) in [6.07, 6.45) is 6.99. The molecule has 0 spiro atoms. The standard InChI is InChI=1S/C17H27NO/c1-17(9-4-3-5-10-17)14-18-12-15-7-6-8-16(11-15)13-19-2/h6-8,11,18H,3-5,9-10,12-14H2,1-2H3. The smallest absolute Gasteiger partial charge is 0.0713 e. The van der Waals surface area contributed by atoms with E-state index in [0.29, 0.717) is 12.0 Å². The van der Waals surface area contributed by atoms with E-state index in [1.54, 1.807) is 7.11 Å². The highest BCUT2D eigenvalue weighted by atomic mass is 16.5. The van der Waals surface area contributed by atoms with Crippen LogP contribution in [0.25, 0.3) is 0 Å². The van der Waals surface area contributed by atoms with Gasteiger partial charge in [-0.1, -0.05) is 50.5 Å². The number of ether oxygens (including phenoxy) is 1. The first kappa shape index (κ1) is 14.5. The van der Waals surface area contributed by atoms with Gasteiger partial charge in [-0.2, -0.15) is 0 Å². The van der Waals surface area contributed by atoms with Crippen molar-refractivity contribution in [3.63, 3.8) is 0 Å². The van der Waals surface area contributed by atoms with Gasteiger partial charge in [-0.15, -0.1) is 0 Å². The second kappa shape index (κ2) is 7.06. The molecule has 0 aromatic heterocycles. The molecule has 2 rings (SSSR count). The molecule has 1 aromatic rings. The summed E-state index contributed by atoms with van der Waals surface area (Å²) in [6, 6.07) is 8.66. The van der Waals surface area contributed by atoms with E-state index in [2.05, 4.69) is 36.5 Å². The molecule has 0 atom stereocenters. The fourth-order valence-corrected chi connectivity index (χ4v) is 3.09. The van der Waals surface area contributed by atoms with Crippen LogP contribution >= 0.6 is 0 Å². The summed E-state index contributed by atoms with van der Waals surface area (Å²) in [6.45, 7) is 5.24. The molecule has 1 fully saturated rings. The van der Waals surface area contributed by atoms with Gasteiger partial charge in [-0.3, -0.25) is 0 Å². The summed E-state index contributed by atoms with van der Waals surface area (Å²) in [5, 5.41) is 3.64. The van der Waals surface area contributed by atoms with Crippen LogP contribution in [0.15, 0.2) is 24.3 Å². The molecule has 0 radical (unpaired) electrons. The number of hydrogen-bond acceptors (Lipinski definition) is 2. The third-order valence-electron chi connectivity index (χ3n) is 4.24. The molecule has 2 nitrogen and oxygen atoms in total. The van der Waals surface area contributed by atoms with Crippen LogP contribution in [-0.2, 0) is 17.9 Å². The molecule has 19 heavy (non-hydrogen) atoms. The number of hydrogen-bond donors (Lipinski definition) is 1. The molecule has 1 saturated carbocycles. The van der Waals surface area contributed by atoms with Gasteiger partial charge < -0.3 is 10.1 Å². The third kappa shape index (κ3) is 4.63. The monoisotopic (exact) mass is 261 g/mol. The van der Waals surface area contributed by atoms with Gasteiger partial charge in [0, 0.05) is 20.2 Å². The highest BCUT2D eigenvalue weighted by Gasteiger charge is 2.25. The SMILES string of the molecule is COCc1cccc(CNCC2(C)CCCCC2)c1. The van der Waals surface area contributed by atoms with Crippen LogP contribution in [0.3, 0.4) is 0 Å². The predicted octanol–water partition coefficient (Wildman–Crippen LogP) is 3.89. The van der Waals surface area contributed by atoms with Gasteiger partial charge in [0.2, 0.25) is 0 Å². The lowest BCUT2D eigenvalue weighted by Gasteiger charge is -2.33. The van der Waals surface area contributed by atoms with Gasteiger partial charge in [-0.05, 0) is 29.4 Å². The van der Waals surface area contributed by atoms with Crippen molar-refractivity contribution in [2.75, 3.05) is 13.7 Å². The molecule has 106 valence electrons. The fourth-order valence-electron chi connectivity index (χ4n) is 3.09. The van der Waals surface area contributed by atoms with Crippen LogP contribution in [0, 0.1) is 5.41 Å². The van der Waals surface area contributed by atoms with Gasteiger partial charge in [0.25, 0.3) is 0 Å². The highest BCUT2D eigenvalue weighted by molar-refractivity contribution is 5.22. The van der Waals surface area contributed by atoms with Crippen molar-refractivity contribution in [3.8, 4) is 0 Å². The molecule has 1 aliphatic carbocycles. The van der Waals surface area contributed by atoms with Crippen molar-refractivity contribution in [1.29, 1.82) is 0 Å². The zero-order valence-electron chi connectivity index (χ0n) is 12.4. The molecule has 2 heteroatoms. The Morgan fingerprint density at radius 2 is 1.89 bits per heavy atom. The lowest BCUT2D eigenvalue weighted by atomic mass is 9.76. The quantitative estimate of drug-likeness (QED) is 0.838. The molecule has 0 saturated heterocycles. The van der Waals surface area contributed by atoms with Gasteiger partial charge in [0.1, 0.15) is 0 Å². The maximum atomic E-state index is 5.18. The van der Waals surface area contributed by atoms with E-state index in [-0.39, 0.29) is 0 Å². The minimum absolute atomic E-state index is 0.516. The van der Waals surface area contributed by atoms with Crippen molar-refractivity contribution in [3.05, 3.63) is 35.4 Å². The van der Waals surface area contributed by atoms with E-state index in [1.807, 2.05) is 0 Å². The maximum absolute atomic E-state index is 5.18. The van der Waals surface area contributed by atoms with Gasteiger partial charge in [-0.25, -0.2) is 0 Å². The molecule has 0 bridgehead atoms. The van der Waals surface area contributed by atoms with E-state index < -0.39 is 0 Å². The lowest BCUT2D eigenvalue weighted by Crippen LogP contribution is -2.33. The Kier molecular flexibility index (Phi) is 5.41. The van der Waals surface area contributed by atoms with Crippen LogP contribution in [0.5, 0.6) is 0 Å². The summed E-state index contributed by atoms with van der Waals surface area (Å²) < 4.78 is 5.18. The molecular weight excluding hydrogens is 234 g/mol. The Morgan fingerprint density at radius 1 is 1.16 bits per heavy atom. The average Bonchev–Trinajstić information content (AvgIpc) is 2.40. The van der Waals surface area contributed by atoms with Crippen molar-refractivity contribution >= 4 is 0 Å². The summed E-state index contributed by atoms with van der Waals surface area (Å²) in [4.78, 5) is 0. The first-order chi connectivity index (χ1) is 9.22. The third-order valence-corrected chi connectivity index (χ3v) is 4.24. The average molecular weight is 261 g/mol. The largest absolute Gasteiger partial charge is 0.380 e. The topological polar surface area (TPSA) is 21.3 Å². The maximum Gasteiger partial charge on any atom is 0.0713 e. The predicted molar refractivity (Wildman–Crippen MR) is 80.1 cm³/mol. The Morgan fingerprint density at radius 3 is 2.63 bits per heavy atom. The van der Waals surface area contributed by atoms with Crippen molar-refractivity contribution in [2.24, 2.45) is 5.41 Å². The van der Waals surface area contributed by atoms with Crippen LogP contribution < -0.4 is 5.32 Å². The molecular formula is C17H27NO. The van der Waals surface area contributed by atoms with Crippen molar-refractivity contribution in [1.82, 2.24) is 5.32 Å². The Bertz CT molecular complexity index is 383. The van der Waals surface area contributed by atoms with E-state index in [9.17, 15) is 0 Å². The molecule has 1 aliphatic rings. The van der Waals surface area contributed by atoms with Crippen LogP contribution in [-0.4, -0.2) is 13.7 Å². The number of rotatable bonds is 6. The highest BCUT2D eigenvalue weighted by Crippen LogP contribution is 2.34. The van der Waals surface area contributed by atoms with Gasteiger partial charge in [0.05, 0.1) is 6.61 Å². The van der Waals surface area contributed by atoms with Crippen molar-refractivity contribution in [2.45, 2.75) is 52.2 Å². The lowest BCUT2D eigenvalue weighted by molar-refractivity contribution is 0.185. The second-order valence-electron chi connectivity index (χ2n) is 6.23. The number of benzene rings is 1. The molecule has 0 amide bonds. The first-order valence-electron chi connectivity index (χ1n) is 7.49.